The van der Waals surface area contributed by atoms with Crippen LogP contribution in [0.2, 0.25) is 0 Å². The van der Waals surface area contributed by atoms with Gasteiger partial charge in [0.2, 0.25) is 0 Å². The number of benzene rings is 2. The number of anilines is 2. The third kappa shape index (κ3) is 3.54. The van der Waals surface area contributed by atoms with Gasteiger partial charge in [0, 0.05) is 17.4 Å². The van der Waals surface area contributed by atoms with Crippen LogP contribution in [0.5, 0.6) is 0 Å². The molecule has 0 atom stereocenters. The average Bonchev–Trinajstić information content (AvgIpc) is 2.42. The summed E-state index contributed by atoms with van der Waals surface area (Å²) in [5, 5.41) is 3.73. The smallest absolute Gasteiger partial charge is 0.178 e. The Kier molecular flexibility index (Phi) is 4.69. The second kappa shape index (κ2) is 6.48. The lowest BCUT2D eigenvalue weighted by Crippen LogP contribution is -2.40. The fraction of sp³-hybridized carbons (Fsp3) is 0.188. The highest BCUT2D eigenvalue weighted by Crippen LogP contribution is 2.19. The number of thiocarbonyl (C=S) groups is 1. The molecule has 1 N–H and O–H groups in total. The van der Waals surface area contributed by atoms with Crippen molar-refractivity contribution >= 4 is 28.7 Å². The molecule has 0 radical (unpaired) electrons. The SMILES string of the molecule is CC(C)N(C(=S)Nc1ccc(F)cc1)c1ccccc1. The Morgan fingerprint density at radius 2 is 1.65 bits per heavy atom. The average molecular weight is 288 g/mol. The van der Waals surface area contributed by atoms with Crippen LogP contribution in [-0.4, -0.2) is 11.2 Å². The molecule has 2 aromatic carbocycles. The van der Waals surface area contributed by atoms with Crippen molar-refractivity contribution in [3.63, 3.8) is 0 Å². The van der Waals surface area contributed by atoms with Crippen LogP contribution in [0.15, 0.2) is 54.6 Å². The van der Waals surface area contributed by atoms with E-state index in [4.69, 9.17) is 12.2 Å². The van der Waals surface area contributed by atoms with Crippen molar-refractivity contribution in [3.05, 3.63) is 60.4 Å². The zero-order valence-electron chi connectivity index (χ0n) is 11.5. The summed E-state index contributed by atoms with van der Waals surface area (Å²) < 4.78 is 12.9. The molecular weight excluding hydrogens is 271 g/mol. The molecule has 0 fully saturated rings. The molecule has 0 aliphatic heterocycles. The number of rotatable bonds is 3. The van der Waals surface area contributed by atoms with Crippen LogP contribution in [0.1, 0.15) is 13.8 Å². The molecular formula is C16H17FN2S. The summed E-state index contributed by atoms with van der Waals surface area (Å²) in [4.78, 5) is 2.03. The van der Waals surface area contributed by atoms with E-state index in [0.29, 0.717) is 5.11 Å². The summed E-state index contributed by atoms with van der Waals surface area (Å²) in [6, 6.07) is 16.3. The van der Waals surface area contributed by atoms with Gasteiger partial charge in [0.1, 0.15) is 5.82 Å². The first-order valence-electron chi connectivity index (χ1n) is 6.49. The van der Waals surface area contributed by atoms with Crippen LogP contribution in [-0.2, 0) is 0 Å². The fourth-order valence-corrected chi connectivity index (χ4v) is 2.39. The van der Waals surface area contributed by atoms with E-state index >= 15 is 0 Å². The number of halogens is 1. The van der Waals surface area contributed by atoms with Gasteiger partial charge in [0.05, 0.1) is 0 Å². The highest BCUT2D eigenvalue weighted by atomic mass is 32.1. The number of nitrogens with zero attached hydrogens (tertiary/aromatic N) is 1. The first-order chi connectivity index (χ1) is 9.58. The molecule has 0 bridgehead atoms. The monoisotopic (exact) mass is 288 g/mol. The van der Waals surface area contributed by atoms with E-state index in [1.807, 2.05) is 35.2 Å². The molecule has 0 saturated heterocycles. The summed E-state index contributed by atoms with van der Waals surface area (Å²) in [7, 11) is 0. The first-order valence-corrected chi connectivity index (χ1v) is 6.89. The molecule has 104 valence electrons. The normalized spacial score (nSPS) is 10.4. The predicted octanol–water partition coefficient (Wildman–Crippen LogP) is 4.44. The molecule has 20 heavy (non-hydrogen) atoms. The second-order valence-corrected chi connectivity index (χ2v) is 5.12. The largest absolute Gasteiger partial charge is 0.332 e. The lowest BCUT2D eigenvalue weighted by Gasteiger charge is -2.29. The Morgan fingerprint density at radius 1 is 1.05 bits per heavy atom. The summed E-state index contributed by atoms with van der Waals surface area (Å²) >= 11 is 5.47. The van der Waals surface area contributed by atoms with Crippen molar-refractivity contribution in [2.24, 2.45) is 0 Å². The Labute approximate surface area is 124 Å². The van der Waals surface area contributed by atoms with E-state index in [1.165, 1.54) is 12.1 Å². The molecule has 0 heterocycles. The lowest BCUT2D eigenvalue weighted by molar-refractivity contribution is 0.628. The number of nitrogens with one attached hydrogen (secondary N) is 1. The predicted molar refractivity (Wildman–Crippen MR) is 86.7 cm³/mol. The van der Waals surface area contributed by atoms with Gasteiger partial charge in [-0.25, -0.2) is 4.39 Å². The molecule has 2 aromatic rings. The Bertz CT molecular complexity index is 567. The van der Waals surface area contributed by atoms with Crippen LogP contribution in [0, 0.1) is 5.82 Å². The van der Waals surface area contributed by atoms with Crippen LogP contribution in [0.4, 0.5) is 15.8 Å². The van der Waals surface area contributed by atoms with Gasteiger partial charge in [-0.3, -0.25) is 0 Å². The minimum absolute atomic E-state index is 0.220. The van der Waals surface area contributed by atoms with Crippen LogP contribution >= 0.6 is 12.2 Å². The second-order valence-electron chi connectivity index (χ2n) is 4.74. The van der Waals surface area contributed by atoms with Gasteiger partial charge in [-0.2, -0.15) is 0 Å². The topological polar surface area (TPSA) is 15.3 Å². The van der Waals surface area contributed by atoms with Crippen LogP contribution < -0.4 is 10.2 Å². The summed E-state index contributed by atoms with van der Waals surface area (Å²) in [6.07, 6.45) is 0. The fourth-order valence-electron chi connectivity index (χ4n) is 1.96. The van der Waals surface area contributed by atoms with Crippen molar-refractivity contribution in [1.29, 1.82) is 0 Å². The quantitative estimate of drug-likeness (QED) is 0.841. The van der Waals surface area contributed by atoms with Crippen LogP contribution in [0.3, 0.4) is 0 Å². The zero-order chi connectivity index (χ0) is 14.5. The maximum atomic E-state index is 12.9. The Hall–Kier alpha value is -1.94. The molecule has 2 rings (SSSR count). The molecule has 2 nitrogen and oxygen atoms in total. The molecule has 0 saturated carbocycles. The number of hydrogen-bond donors (Lipinski definition) is 1. The minimum Gasteiger partial charge on any atom is -0.332 e. The molecule has 0 aromatic heterocycles. The Balaban J connectivity index is 2.18. The van der Waals surface area contributed by atoms with Crippen molar-refractivity contribution in [2.75, 3.05) is 10.2 Å². The van der Waals surface area contributed by atoms with Gasteiger partial charge in [-0.1, -0.05) is 18.2 Å². The number of hydrogen-bond acceptors (Lipinski definition) is 1. The van der Waals surface area contributed by atoms with Gasteiger partial charge in [0.25, 0.3) is 0 Å². The summed E-state index contributed by atoms with van der Waals surface area (Å²) in [5.74, 6) is -0.259. The minimum atomic E-state index is -0.259. The van der Waals surface area contributed by atoms with Crippen molar-refractivity contribution in [3.8, 4) is 0 Å². The van der Waals surface area contributed by atoms with Crippen molar-refractivity contribution < 1.29 is 4.39 Å². The van der Waals surface area contributed by atoms with E-state index in [-0.39, 0.29) is 11.9 Å². The molecule has 0 aliphatic rings. The van der Waals surface area contributed by atoms with E-state index in [2.05, 4.69) is 19.2 Å². The molecule has 0 amide bonds. The Morgan fingerprint density at radius 3 is 2.20 bits per heavy atom. The number of para-hydroxylation sites is 1. The van der Waals surface area contributed by atoms with E-state index in [1.54, 1.807) is 12.1 Å². The van der Waals surface area contributed by atoms with Crippen molar-refractivity contribution in [2.45, 2.75) is 19.9 Å². The highest BCUT2D eigenvalue weighted by molar-refractivity contribution is 7.80. The third-order valence-corrected chi connectivity index (χ3v) is 3.16. The van der Waals surface area contributed by atoms with E-state index in [9.17, 15) is 4.39 Å². The van der Waals surface area contributed by atoms with Crippen LogP contribution in [0.25, 0.3) is 0 Å². The van der Waals surface area contributed by atoms with Gasteiger partial charge in [0.15, 0.2) is 5.11 Å². The third-order valence-electron chi connectivity index (χ3n) is 2.87. The first kappa shape index (κ1) is 14.5. The lowest BCUT2D eigenvalue weighted by atomic mass is 10.2. The van der Waals surface area contributed by atoms with Gasteiger partial charge >= 0.3 is 0 Å². The van der Waals surface area contributed by atoms with Crippen molar-refractivity contribution in [1.82, 2.24) is 0 Å². The van der Waals surface area contributed by atoms with Gasteiger partial charge in [-0.05, 0) is 62.5 Å². The maximum Gasteiger partial charge on any atom is 0.178 e. The van der Waals surface area contributed by atoms with E-state index < -0.39 is 0 Å². The summed E-state index contributed by atoms with van der Waals surface area (Å²) in [6.45, 7) is 4.15. The molecule has 0 unspecified atom stereocenters. The van der Waals surface area contributed by atoms with Gasteiger partial charge in [-0.15, -0.1) is 0 Å². The van der Waals surface area contributed by atoms with E-state index in [0.717, 1.165) is 11.4 Å². The molecule has 0 spiro atoms. The molecule has 4 heteroatoms. The van der Waals surface area contributed by atoms with Gasteiger partial charge < -0.3 is 10.2 Å². The summed E-state index contributed by atoms with van der Waals surface area (Å²) in [5.41, 5.74) is 1.81. The highest BCUT2D eigenvalue weighted by Gasteiger charge is 2.15. The standard InChI is InChI=1S/C16H17FN2S/c1-12(2)19(15-6-4-3-5-7-15)16(20)18-14-10-8-13(17)9-11-14/h3-12H,1-2H3,(H,18,20). The maximum absolute atomic E-state index is 12.9. The zero-order valence-corrected chi connectivity index (χ0v) is 12.3. The molecule has 0 aliphatic carbocycles.